The van der Waals surface area contributed by atoms with E-state index in [1.54, 1.807) is 25.4 Å². The monoisotopic (exact) mass is 325 g/mol. The maximum absolute atomic E-state index is 12.6. The number of rotatable bonds is 5. The minimum Gasteiger partial charge on any atom is -0.486 e. The van der Waals surface area contributed by atoms with Crippen molar-refractivity contribution in [1.29, 1.82) is 0 Å². The van der Waals surface area contributed by atoms with Crippen LogP contribution in [0.2, 0.25) is 0 Å². The van der Waals surface area contributed by atoms with Crippen LogP contribution in [0.1, 0.15) is 44.8 Å². The van der Waals surface area contributed by atoms with E-state index < -0.39 is 0 Å². The van der Waals surface area contributed by atoms with Gasteiger partial charge in [-0.15, -0.1) is 0 Å². The van der Waals surface area contributed by atoms with Crippen LogP contribution in [-0.2, 0) is 6.61 Å². The van der Waals surface area contributed by atoms with Crippen LogP contribution in [0.15, 0.2) is 30.7 Å². The van der Waals surface area contributed by atoms with Gasteiger partial charge in [-0.1, -0.05) is 6.07 Å². The van der Waals surface area contributed by atoms with Gasteiger partial charge in [-0.2, -0.15) is 0 Å². The maximum Gasteiger partial charge on any atom is 0.272 e. The minimum absolute atomic E-state index is 0.0651. The van der Waals surface area contributed by atoms with Crippen LogP contribution >= 0.6 is 0 Å². The number of carbonyl (C=O) groups excluding carboxylic acids is 2. The molecule has 0 aliphatic carbocycles. The molecule has 0 spiro atoms. The second-order valence-corrected chi connectivity index (χ2v) is 5.79. The molecule has 1 amide bonds. The van der Waals surface area contributed by atoms with E-state index in [0.717, 1.165) is 37.8 Å². The topological polar surface area (TPSA) is 72.4 Å². The average Bonchev–Trinajstić information content (AvgIpc) is 3.14. The lowest BCUT2D eigenvalue weighted by atomic mass is 10.1. The fraction of sp³-hybridized carbons (Fsp3) is 0.333. The van der Waals surface area contributed by atoms with Crippen molar-refractivity contribution in [3.05, 3.63) is 53.1 Å². The number of likely N-dealkylation sites (tertiary alicyclic amines) is 1. The van der Waals surface area contributed by atoms with Gasteiger partial charge in [-0.25, -0.2) is 0 Å². The third kappa shape index (κ3) is 3.27. The van der Waals surface area contributed by atoms with Gasteiger partial charge < -0.3 is 9.64 Å². The number of nitrogens with zero attached hydrogens (tertiary/aromatic N) is 3. The highest BCUT2D eigenvalue weighted by molar-refractivity contribution is 5.93. The summed E-state index contributed by atoms with van der Waals surface area (Å²) in [6.07, 6.45) is 7.55. The van der Waals surface area contributed by atoms with Crippen molar-refractivity contribution >= 4 is 12.2 Å². The molecule has 0 bridgehead atoms. The molecule has 3 heterocycles. The number of ether oxygens (including phenoxy) is 1. The molecule has 2 aromatic rings. The first-order chi connectivity index (χ1) is 11.7. The van der Waals surface area contributed by atoms with Crippen molar-refractivity contribution in [3.63, 3.8) is 0 Å². The second kappa shape index (κ2) is 7.21. The van der Waals surface area contributed by atoms with Crippen molar-refractivity contribution in [3.8, 4) is 5.75 Å². The molecule has 0 aromatic carbocycles. The molecule has 3 rings (SSSR count). The van der Waals surface area contributed by atoms with Crippen molar-refractivity contribution in [2.45, 2.75) is 26.4 Å². The molecule has 6 nitrogen and oxygen atoms in total. The van der Waals surface area contributed by atoms with Gasteiger partial charge in [0.1, 0.15) is 18.1 Å². The fourth-order valence-electron chi connectivity index (χ4n) is 2.79. The molecule has 124 valence electrons. The van der Waals surface area contributed by atoms with E-state index in [1.807, 2.05) is 11.0 Å². The van der Waals surface area contributed by atoms with E-state index in [0.29, 0.717) is 22.6 Å². The highest BCUT2D eigenvalue weighted by Crippen LogP contribution is 2.21. The predicted molar refractivity (Wildman–Crippen MR) is 88.1 cm³/mol. The molecule has 1 saturated heterocycles. The van der Waals surface area contributed by atoms with Crippen LogP contribution in [0.5, 0.6) is 5.75 Å². The van der Waals surface area contributed by atoms with Gasteiger partial charge in [0, 0.05) is 31.0 Å². The van der Waals surface area contributed by atoms with Gasteiger partial charge in [-0.05, 0) is 31.4 Å². The van der Waals surface area contributed by atoms with E-state index in [4.69, 9.17) is 4.74 Å². The second-order valence-electron chi connectivity index (χ2n) is 5.79. The highest BCUT2D eigenvalue weighted by atomic mass is 16.5. The lowest BCUT2D eigenvalue weighted by Gasteiger charge is -2.17. The Hall–Kier alpha value is -2.76. The standard InChI is InChI=1S/C18H19N3O3/c1-13-9-19-10-16(15(13)11-22)24-12-14-5-4-6-20-17(14)18(23)21-7-2-3-8-21/h4-6,9-11H,2-3,7-8,12H2,1H3. The molecular weight excluding hydrogens is 306 g/mol. The Morgan fingerprint density at radius 2 is 2.12 bits per heavy atom. The Balaban J connectivity index is 1.80. The van der Waals surface area contributed by atoms with Crippen molar-refractivity contribution in [2.24, 2.45) is 0 Å². The van der Waals surface area contributed by atoms with Crippen LogP contribution < -0.4 is 4.74 Å². The summed E-state index contributed by atoms with van der Waals surface area (Å²) in [6, 6.07) is 3.59. The Labute approximate surface area is 140 Å². The van der Waals surface area contributed by atoms with Gasteiger partial charge in [-0.3, -0.25) is 19.6 Å². The van der Waals surface area contributed by atoms with Crippen molar-refractivity contribution < 1.29 is 14.3 Å². The molecule has 0 N–H and O–H groups in total. The minimum atomic E-state index is -0.0651. The number of amides is 1. The lowest BCUT2D eigenvalue weighted by Crippen LogP contribution is -2.29. The number of aryl methyl sites for hydroxylation is 1. The summed E-state index contributed by atoms with van der Waals surface area (Å²) in [5.74, 6) is 0.345. The number of aromatic nitrogens is 2. The zero-order valence-electron chi connectivity index (χ0n) is 13.6. The molecule has 0 unspecified atom stereocenters. The summed E-state index contributed by atoms with van der Waals surface area (Å²) < 4.78 is 5.74. The smallest absolute Gasteiger partial charge is 0.272 e. The molecule has 1 fully saturated rings. The fourth-order valence-corrected chi connectivity index (χ4v) is 2.79. The average molecular weight is 325 g/mol. The number of pyridine rings is 2. The quantitative estimate of drug-likeness (QED) is 0.789. The van der Waals surface area contributed by atoms with Crippen molar-refractivity contribution in [1.82, 2.24) is 14.9 Å². The molecule has 2 aromatic heterocycles. The van der Waals surface area contributed by atoms with Crippen LogP contribution in [0.25, 0.3) is 0 Å². The zero-order chi connectivity index (χ0) is 16.9. The maximum atomic E-state index is 12.6. The highest BCUT2D eigenvalue weighted by Gasteiger charge is 2.23. The number of hydrogen-bond donors (Lipinski definition) is 0. The van der Waals surface area contributed by atoms with Gasteiger partial charge in [0.05, 0.1) is 11.8 Å². The summed E-state index contributed by atoms with van der Waals surface area (Å²) in [7, 11) is 0. The normalized spacial score (nSPS) is 13.8. The first kappa shape index (κ1) is 16.1. The third-order valence-electron chi connectivity index (χ3n) is 4.14. The SMILES string of the molecule is Cc1cncc(OCc2cccnc2C(=O)N2CCCC2)c1C=O. The van der Waals surface area contributed by atoms with E-state index in [1.165, 1.54) is 6.20 Å². The molecule has 0 atom stereocenters. The molecule has 6 heteroatoms. The summed E-state index contributed by atoms with van der Waals surface area (Å²) in [4.78, 5) is 33.9. The van der Waals surface area contributed by atoms with Crippen LogP contribution in [0.4, 0.5) is 0 Å². The Kier molecular flexibility index (Phi) is 4.84. The number of aldehydes is 1. The van der Waals surface area contributed by atoms with Gasteiger partial charge in [0.25, 0.3) is 5.91 Å². The Bertz CT molecular complexity index is 755. The summed E-state index contributed by atoms with van der Waals surface area (Å²) in [5.41, 5.74) is 2.34. The first-order valence-electron chi connectivity index (χ1n) is 7.96. The van der Waals surface area contributed by atoms with Gasteiger partial charge in [0.2, 0.25) is 0 Å². The molecule has 1 aliphatic heterocycles. The van der Waals surface area contributed by atoms with Gasteiger partial charge in [0.15, 0.2) is 6.29 Å². The summed E-state index contributed by atoms with van der Waals surface area (Å²) >= 11 is 0. The number of carbonyl (C=O) groups is 2. The zero-order valence-corrected chi connectivity index (χ0v) is 13.6. The molecular formula is C18H19N3O3. The van der Waals surface area contributed by atoms with E-state index >= 15 is 0 Å². The van der Waals surface area contributed by atoms with E-state index in [2.05, 4.69) is 9.97 Å². The number of hydrogen-bond acceptors (Lipinski definition) is 5. The lowest BCUT2D eigenvalue weighted by molar-refractivity contribution is 0.0783. The van der Waals surface area contributed by atoms with Gasteiger partial charge >= 0.3 is 0 Å². The van der Waals surface area contributed by atoms with E-state index in [-0.39, 0.29) is 12.5 Å². The Morgan fingerprint density at radius 3 is 2.88 bits per heavy atom. The van der Waals surface area contributed by atoms with Crippen molar-refractivity contribution in [2.75, 3.05) is 13.1 Å². The third-order valence-corrected chi connectivity index (χ3v) is 4.14. The molecule has 24 heavy (non-hydrogen) atoms. The van der Waals surface area contributed by atoms with Crippen LogP contribution in [0.3, 0.4) is 0 Å². The molecule has 0 radical (unpaired) electrons. The summed E-state index contributed by atoms with van der Waals surface area (Å²) in [6.45, 7) is 3.50. The van der Waals surface area contributed by atoms with Crippen LogP contribution in [0, 0.1) is 6.92 Å². The first-order valence-corrected chi connectivity index (χ1v) is 7.96. The molecule has 1 aliphatic rings. The Morgan fingerprint density at radius 1 is 1.33 bits per heavy atom. The predicted octanol–water partition coefficient (Wildman–Crippen LogP) is 2.41. The largest absolute Gasteiger partial charge is 0.486 e. The summed E-state index contributed by atoms with van der Waals surface area (Å²) in [5, 5.41) is 0. The van der Waals surface area contributed by atoms with Crippen LogP contribution in [-0.4, -0.2) is 40.2 Å². The van der Waals surface area contributed by atoms with E-state index in [9.17, 15) is 9.59 Å². The molecule has 0 saturated carbocycles.